The summed E-state index contributed by atoms with van der Waals surface area (Å²) < 4.78 is 11.1. The van der Waals surface area contributed by atoms with Crippen LogP contribution in [0.25, 0.3) is 11.1 Å². The van der Waals surface area contributed by atoms with Gasteiger partial charge in [-0.05, 0) is 104 Å². The fourth-order valence-electron chi connectivity index (χ4n) is 5.70. The summed E-state index contributed by atoms with van der Waals surface area (Å²) in [5.74, 6) is 2.04. The molecule has 0 saturated heterocycles. The van der Waals surface area contributed by atoms with Crippen LogP contribution in [0.4, 0.5) is 0 Å². The fourth-order valence-corrected chi connectivity index (χ4v) is 5.70. The molecule has 38 heavy (non-hydrogen) atoms. The highest BCUT2D eigenvalue weighted by Gasteiger charge is 2.23. The standard InChI is InChI=1S/C34H48O4/c1-5-7-8-10-26-12-14-28(15-13-26)29-16-18-32(27(6-2)23-29)30-17-19-33(37-22-20-35)31(24-30)11-9-21-38-34(36)25(3)4/h16-19,23-24,26,28,35H,3,5-15,20-22H2,1-2,4H3. The lowest BCUT2D eigenvalue weighted by molar-refractivity contribution is -0.139. The highest BCUT2D eigenvalue weighted by Crippen LogP contribution is 2.39. The van der Waals surface area contributed by atoms with E-state index in [-0.39, 0.29) is 19.2 Å². The molecule has 0 amide bonds. The summed E-state index contributed by atoms with van der Waals surface area (Å²) in [7, 11) is 0. The highest BCUT2D eigenvalue weighted by molar-refractivity contribution is 5.86. The van der Waals surface area contributed by atoms with E-state index in [4.69, 9.17) is 9.47 Å². The molecule has 3 rings (SSSR count). The quantitative estimate of drug-likeness (QED) is 0.146. The lowest BCUT2D eigenvalue weighted by atomic mass is 9.76. The first kappa shape index (κ1) is 30.0. The zero-order valence-corrected chi connectivity index (χ0v) is 23.9. The Labute approximate surface area is 230 Å². The molecule has 1 aliphatic carbocycles. The average Bonchev–Trinajstić information content (AvgIpc) is 2.94. The summed E-state index contributed by atoms with van der Waals surface area (Å²) in [5, 5.41) is 9.25. The summed E-state index contributed by atoms with van der Waals surface area (Å²) >= 11 is 0. The first-order valence-electron chi connectivity index (χ1n) is 14.8. The molecule has 1 fully saturated rings. The van der Waals surface area contributed by atoms with Gasteiger partial charge in [-0.3, -0.25) is 0 Å². The Morgan fingerprint density at radius 3 is 2.45 bits per heavy atom. The monoisotopic (exact) mass is 520 g/mol. The van der Waals surface area contributed by atoms with E-state index >= 15 is 0 Å². The van der Waals surface area contributed by atoms with Crippen LogP contribution in [-0.2, 0) is 22.4 Å². The van der Waals surface area contributed by atoms with Crippen LogP contribution in [0.3, 0.4) is 0 Å². The molecule has 0 spiro atoms. The molecule has 1 aliphatic rings. The molecule has 4 nitrogen and oxygen atoms in total. The number of aliphatic hydroxyl groups excluding tert-OH is 1. The van der Waals surface area contributed by atoms with Gasteiger partial charge in [0.15, 0.2) is 0 Å². The maximum absolute atomic E-state index is 11.7. The number of rotatable bonds is 15. The Morgan fingerprint density at radius 2 is 1.76 bits per heavy atom. The molecular weight excluding hydrogens is 472 g/mol. The minimum atomic E-state index is -0.354. The van der Waals surface area contributed by atoms with Gasteiger partial charge in [0, 0.05) is 5.57 Å². The minimum Gasteiger partial charge on any atom is -0.491 e. The first-order valence-corrected chi connectivity index (χ1v) is 14.8. The second kappa shape index (κ2) is 15.7. The maximum Gasteiger partial charge on any atom is 0.333 e. The molecule has 0 atom stereocenters. The largest absolute Gasteiger partial charge is 0.491 e. The number of hydrogen-bond acceptors (Lipinski definition) is 4. The van der Waals surface area contributed by atoms with Gasteiger partial charge < -0.3 is 14.6 Å². The minimum absolute atomic E-state index is 0.0283. The lowest BCUT2D eigenvalue weighted by Gasteiger charge is -2.29. The third kappa shape index (κ3) is 8.73. The smallest absolute Gasteiger partial charge is 0.333 e. The first-order chi connectivity index (χ1) is 18.5. The molecule has 0 bridgehead atoms. The van der Waals surface area contributed by atoms with E-state index in [0.29, 0.717) is 24.5 Å². The van der Waals surface area contributed by atoms with Crippen LogP contribution in [0.5, 0.6) is 5.75 Å². The third-order valence-corrected chi connectivity index (χ3v) is 7.94. The van der Waals surface area contributed by atoms with E-state index in [1.54, 1.807) is 6.92 Å². The number of aliphatic hydroxyl groups is 1. The van der Waals surface area contributed by atoms with Crippen LogP contribution < -0.4 is 4.74 Å². The van der Waals surface area contributed by atoms with E-state index in [2.05, 4.69) is 50.8 Å². The molecular formula is C34H48O4. The fraction of sp³-hybridized carbons (Fsp3) is 0.559. The van der Waals surface area contributed by atoms with Crippen LogP contribution in [-0.4, -0.2) is 30.9 Å². The van der Waals surface area contributed by atoms with Gasteiger partial charge in [0.1, 0.15) is 12.4 Å². The van der Waals surface area contributed by atoms with E-state index in [9.17, 15) is 9.90 Å². The Kier molecular flexibility index (Phi) is 12.4. The summed E-state index contributed by atoms with van der Waals surface area (Å²) in [6.45, 7) is 10.4. The Balaban J connectivity index is 1.72. The topological polar surface area (TPSA) is 55.8 Å². The van der Waals surface area contributed by atoms with Gasteiger partial charge >= 0.3 is 5.97 Å². The van der Waals surface area contributed by atoms with Crippen LogP contribution in [0, 0.1) is 5.92 Å². The molecule has 0 aliphatic heterocycles. The summed E-state index contributed by atoms with van der Waals surface area (Å²) in [4.78, 5) is 11.7. The predicted molar refractivity (Wildman–Crippen MR) is 157 cm³/mol. The molecule has 1 saturated carbocycles. The molecule has 208 valence electrons. The van der Waals surface area contributed by atoms with Crippen molar-refractivity contribution in [2.75, 3.05) is 19.8 Å². The molecule has 2 aromatic rings. The van der Waals surface area contributed by atoms with Gasteiger partial charge in [-0.15, -0.1) is 0 Å². The van der Waals surface area contributed by atoms with Crippen molar-refractivity contribution in [3.8, 4) is 16.9 Å². The van der Waals surface area contributed by atoms with Gasteiger partial charge in [0.05, 0.1) is 13.2 Å². The molecule has 4 heteroatoms. The van der Waals surface area contributed by atoms with E-state index in [1.165, 1.54) is 73.6 Å². The Hall–Kier alpha value is -2.59. The summed E-state index contributed by atoms with van der Waals surface area (Å²) in [6.07, 6.45) is 13.3. The number of benzene rings is 2. The SMILES string of the molecule is C=C(C)C(=O)OCCCc1cc(-c2ccc(C3CCC(CCCCC)CC3)cc2CC)ccc1OCCO. The average molecular weight is 521 g/mol. The molecule has 0 radical (unpaired) electrons. The van der Waals surface area contributed by atoms with Gasteiger partial charge in [-0.2, -0.15) is 0 Å². The summed E-state index contributed by atoms with van der Waals surface area (Å²) in [6, 6.07) is 13.4. The molecule has 1 N–H and O–H groups in total. The molecule has 0 aromatic heterocycles. The van der Waals surface area contributed by atoms with Crippen molar-refractivity contribution in [1.29, 1.82) is 0 Å². The normalized spacial score (nSPS) is 17.3. The number of carbonyl (C=O) groups is 1. The number of unbranched alkanes of at least 4 members (excludes halogenated alkanes) is 2. The predicted octanol–water partition coefficient (Wildman–Crippen LogP) is 8.19. The molecule has 0 unspecified atom stereocenters. The number of ether oxygens (including phenoxy) is 2. The van der Waals surface area contributed by atoms with Crippen molar-refractivity contribution in [3.05, 3.63) is 65.2 Å². The summed E-state index contributed by atoms with van der Waals surface area (Å²) in [5.41, 5.74) is 6.81. The Morgan fingerprint density at radius 1 is 0.974 bits per heavy atom. The van der Waals surface area contributed by atoms with E-state index in [0.717, 1.165) is 30.1 Å². The van der Waals surface area contributed by atoms with Gasteiger partial charge in [0.25, 0.3) is 0 Å². The van der Waals surface area contributed by atoms with E-state index < -0.39 is 0 Å². The highest BCUT2D eigenvalue weighted by atomic mass is 16.5. The number of aryl methyl sites for hydroxylation is 2. The van der Waals surface area contributed by atoms with Gasteiger partial charge in [0.2, 0.25) is 0 Å². The number of hydrogen-bond donors (Lipinski definition) is 1. The van der Waals surface area contributed by atoms with Crippen molar-refractivity contribution < 1.29 is 19.4 Å². The van der Waals surface area contributed by atoms with Crippen LogP contribution >= 0.6 is 0 Å². The van der Waals surface area contributed by atoms with Gasteiger partial charge in [-0.25, -0.2) is 4.79 Å². The molecule has 2 aromatic carbocycles. The van der Waals surface area contributed by atoms with E-state index in [1.807, 2.05) is 6.07 Å². The van der Waals surface area contributed by atoms with Crippen molar-refractivity contribution in [1.82, 2.24) is 0 Å². The number of carbonyl (C=O) groups excluding carboxylic acids is 1. The van der Waals surface area contributed by atoms with Crippen molar-refractivity contribution >= 4 is 5.97 Å². The third-order valence-electron chi connectivity index (χ3n) is 7.94. The second-order valence-corrected chi connectivity index (χ2v) is 10.9. The zero-order chi connectivity index (χ0) is 27.3. The number of esters is 1. The van der Waals surface area contributed by atoms with Crippen molar-refractivity contribution in [3.63, 3.8) is 0 Å². The maximum atomic E-state index is 11.7. The van der Waals surface area contributed by atoms with Crippen molar-refractivity contribution in [2.24, 2.45) is 5.92 Å². The van der Waals surface area contributed by atoms with Crippen LogP contribution in [0.15, 0.2) is 48.6 Å². The van der Waals surface area contributed by atoms with Gasteiger partial charge in [-0.1, -0.05) is 70.4 Å². The zero-order valence-electron chi connectivity index (χ0n) is 23.9. The lowest BCUT2D eigenvalue weighted by Crippen LogP contribution is -2.13. The van der Waals surface area contributed by atoms with Crippen LogP contribution in [0.1, 0.15) is 101 Å². The van der Waals surface area contributed by atoms with Crippen LogP contribution in [0.2, 0.25) is 0 Å². The molecule has 0 heterocycles. The Bertz CT molecular complexity index is 1030. The van der Waals surface area contributed by atoms with Crippen molar-refractivity contribution in [2.45, 2.75) is 97.3 Å². The second-order valence-electron chi connectivity index (χ2n) is 10.9.